The normalized spacial score (nSPS) is 9.75. The van der Waals surface area contributed by atoms with Gasteiger partial charge in [-0.15, -0.1) is 23.5 Å². The van der Waals surface area contributed by atoms with Gasteiger partial charge in [-0.3, -0.25) is 57.5 Å². The minimum atomic E-state index is -1.11. The second kappa shape index (κ2) is 83.2. The fourth-order valence-electron chi connectivity index (χ4n) is 5.95. The number of hydrogen-bond acceptors (Lipinski definition) is 19. The molecule has 0 aromatic rings. The van der Waals surface area contributed by atoms with Gasteiger partial charge in [-0.05, 0) is 51.4 Å². The summed E-state index contributed by atoms with van der Waals surface area (Å²) in [6, 6.07) is 0. The molecule has 0 amide bonds. The molecule has 0 bridgehead atoms. The van der Waals surface area contributed by atoms with Crippen molar-refractivity contribution in [3.05, 3.63) is 0 Å². The first kappa shape index (κ1) is 146. The average molecular weight is 1490 g/mol. The van der Waals surface area contributed by atoms with Crippen molar-refractivity contribution >= 4 is 99.6 Å². The van der Waals surface area contributed by atoms with Gasteiger partial charge in [-0.2, -0.15) is 0 Å². The number of carbonyl (C=O) groups excluding carboxylic acids is 8. The van der Waals surface area contributed by atoms with E-state index in [0.29, 0.717) is 95.4 Å². The maximum absolute atomic E-state index is 11.8. The second-order valence-electron chi connectivity index (χ2n) is 23.5. The van der Waals surface area contributed by atoms with Gasteiger partial charge in [0.1, 0.15) is 72.1 Å². The predicted octanol–water partition coefficient (Wildman–Crippen LogP) is 19.9. The van der Waals surface area contributed by atoms with E-state index in [-0.39, 0.29) is 216 Å². The van der Waals surface area contributed by atoms with Crippen LogP contribution in [-0.2, 0) is 81.3 Å². The van der Waals surface area contributed by atoms with E-state index < -0.39 is 49.1 Å². The van der Waals surface area contributed by atoms with Crippen molar-refractivity contribution in [2.24, 2.45) is 27.1 Å². The van der Waals surface area contributed by atoms with Gasteiger partial charge in [-0.1, -0.05) is 208 Å². The van der Waals surface area contributed by atoms with Crippen molar-refractivity contribution in [2.75, 3.05) is 63.0 Å². The summed E-state index contributed by atoms with van der Waals surface area (Å²) in [7, 11) is 0. The van der Waals surface area contributed by atoms with Crippen LogP contribution in [0.5, 0.6) is 0 Å². The van der Waals surface area contributed by atoms with E-state index in [4.69, 9.17) is 44.5 Å². The third kappa shape index (κ3) is 89.3. The fraction of sp³-hybridized carbons (Fsp3) is 0.829. The standard InChI is InChI=1S/C14H24O5S.C14H24O5.C12H20O4.C11H20O4S.C11H20O4.14CH4/c1-4-14(2,3)12(16)5-7-19-10-20-8-6-11(15)9-13(17)18;1-4-14(2,3)12(16)6-5-8-19-9-7-11(15)10-13(17)18;1-4-12(2,3)10(14)7-5-6-9(13)8-11(15)16;1-4-11(2,3)9(12)5-6-15-8-16-7-10(13)14;1-4-11(2,3)9(12)6-5-7-15-8-10(13)14;;;;;;;;;;;;;;/h4-10H2,1-3H3,(H,17,18);4-10H2,1-3H3,(H,17,18);4-8H2,1-3H3,(H,15,16);4-8H2,1-3H3,(H,13,14);4-8H2,1-3H3,(H,13,14);14*1H4. The SMILES string of the molecule is C.C.C.C.C.C.C.C.C.C.C.C.C.C.CCC(C)(C)C(=O)CCCC(=O)CC(=O)O.CCC(C)(C)C(=O)CCCOCC(=O)O.CCC(C)(C)C(=O)CCCOCCC(=O)CC(=O)O.CCC(C)(C)C(=O)CCOCSCC(=O)O.CCC(C)(C)C(=O)CCOCSCCC(=O)CC(=O)O. The summed E-state index contributed by atoms with van der Waals surface area (Å²) in [5.74, 6) is -3.78. The highest BCUT2D eigenvalue weighted by Crippen LogP contribution is 2.26. The zero-order valence-corrected chi connectivity index (χ0v) is 56.1. The smallest absolute Gasteiger partial charge is 0.329 e. The third-order valence-electron chi connectivity index (χ3n) is 14.3. The lowest BCUT2D eigenvalue weighted by atomic mass is 9.83. The number of ether oxygens (including phenoxy) is 4. The number of hydrogen-bond donors (Lipinski definition) is 5. The average Bonchev–Trinajstić information content (AvgIpc) is 0.938. The molecular formula is C76H164O22S2. The number of Topliss-reactive ketones (excluding diaryl/α,β-unsaturated/α-hetero) is 8. The van der Waals surface area contributed by atoms with Crippen molar-refractivity contribution < 1.29 is 107 Å². The van der Waals surface area contributed by atoms with Gasteiger partial charge in [0.05, 0.1) is 37.5 Å². The molecule has 22 nitrogen and oxygen atoms in total. The van der Waals surface area contributed by atoms with Crippen LogP contribution in [0, 0.1) is 27.1 Å². The minimum absolute atomic E-state index is 0. The van der Waals surface area contributed by atoms with Crippen LogP contribution in [0.2, 0.25) is 0 Å². The third-order valence-corrected chi connectivity index (χ3v) is 15.9. The van der Waals surface area contributed by atoms with Crippen LogP contribution in [0.3, 0.4) is 0 Å². The maximum atomic E-state index is 11.8. The largest absolute Gasteiger partial charge is 0.481 e. The van der Waals surface area contributed by atoms with Gasteiger partial charge in [0.2, 0.25) is 0 Å². The highest BCUT2D eigenvalue weighted by Gasteiger charge is 2.28. The summed E-state index contributed by atoms with van der Waals surface area (Å²) in [5, 5.41) is 41.8. The fourth-order valence-corrected chi connectivity index (χ4v) is 7.17. The Kier molecular flexibility index (Phi) is 121. The number of aliphatic carboxylic acids is 5. The van der Waals surface area contributed by atoms with Crippen LogP contribution < -0.4 is 0 Å². The number of ketones is 8. The van der Waals surface area contributed by atoms with Crippen molar-refractivity contribution in [1.82, 2.24) is 0 Å². The van der Waals surface area contributed by atoms with Crippen LogP contribution in [0.15, 0.2) is 0 Å². The van der Waals surface area contributed by atoms with Gasteiger partial charge >= 0.3 is 29.8 Å². The molecule has 0 aliphatic rings. The Bertz CT molecular complexity index is 2070. The molecule has 0 aliphatic carbocycles. The zero-order chi connectivity index (χ0) is 67.8. The van der Waals surface area contributed by atoms with Gasteiger partial charge in [0.15, 0.2) is 0 Å². The molecule has 0 fully saturated rings. The summed E-state index contributed by atoms with van der Waals surface area (Å²) < 4.78 is 20.6. The first-order valence-electron chi connectivity index (χ1n) is 29.4. The van der Waals surface area contributed by atoms with E-state index in [0.717, 1.165) is 32.1 Å². The van der Waals surface area contributed by atoms with Crippen molar-refractivity contribution in [3.63, 3.8) is 0 Å². The number of rotatable bonds is 48. The number of thioether (sulfide) groups is 2. The summed E-state index contributed by atoms with van der Waals surface area (Å²) in [6.07, 6.45) is 7.03. The second-order valence-corrected chi connectivity index (χ2v) is 25.4. The summed E-state index contributed by atoms with van der Waals surface area (Å²) in [4.78, 5) is 143. The van der Waals surface area contributed by atoms with E-state index in [2.05, 4.69) is 0 Å². The topological polar surface area (TPSA) is 360 Å². The Hall–Kier alpha value is -4.75. The number of carbonyl (C=O) groups is 13. The van der Waals surface area contributed by atoms with Crippen LogP contribution in [0.1, 0.15) is 330 Å². The van der Waals surface area contributed by atoms with E-state index in [1.165, 1.54) is 23.5 Å². The maximum Gasteiger partial charge on any atom is 0.329 e. The molecule has 0 heterocycles. The molecule has 0 aromatic heterocycles. The summed E-state index contributed by atoms with van der Waals surface area (Å²) in [5.41, 5.74) is -1.46. The quantitative estimate of drug-likeness (QED) is 0.0215. The van der Waals surface area contributed by atoms with Gasteiger partial charge in [0, 0.05) is 97.4 Å². The van der Waals surface area contributed by atoms with Crippen LogP contribution in [0.4, 0.5) is 0 Å². The Morgan fingerprint density at radius 1 is 0.280 bits per heavy atom. The van der Waals surface area contributed by atoms with E-state index >= 15 is 0 Å². The first-order chi connectivity index (χ1) is 39.7. The summed E-state index contributed by atoms with van der Waals surface area (Å²) >= 11 is 2.62. The Morgan fingerprint density at radius 3 is 0.830 bits per heavy atom. The molecule has 5 N–H and O–H groups in total. The highest BCUT2D eigenvalue weighted by molar-refractivity contribution is 7.99. The molecule has 612 valence electrons. The van der Waals surface area contributed by atoms with Crippen molar-refractivity contribution in [2.45, 2.75) is 330 Å². The molecule has 24 heteroatoms. The Labute approximate surface area is 623 Å². The molecule has 0 aliphatic heterocycles. The lowest BCUT2D eigenvalue weighted by Crippen LogP contribution is -2.24. The zero-order valence-electron chi connectivity index (χ0n) is 54.5. The molecule has 0 rings (SSSR count). The van der Waals surface area contributed by atoms with Crippen LogP contribution in [0.25, 0.3) is 0 Å². The molecule has 0 aromatic carbocycles. The van der Waals surface area contributed by atoms with Gasteiger partial charge < -0.3 is 44.5 Å². The molecule has 0 atom stereocenters. The van der Waals surface area contributed by atoms with Crippen LogP contribution in [-0.4, -0.2) is 165 Å². The lowest BCUT2D eigenvalue weighted by Gasteiger charge is -2.20. The van der Waals surface area contributed by atoms with Gasteiger partial charge in [-0.25, -0.2) is 4.79 Å². The molecular weight excluding hydrogens is 1330 g/mol. The first-order valence-corrected chi connectivity index (χ1v) is 31.8. The van der Waals surface area contributed by atoms with Crippen LogP contribution >= 0.6 is 23.5 Å². The Morgan fingerprint density at radius 2 is 0.540 bits per heavy atom. The van der Waals surface area contributed by atoms with Gasteiger partial charge in [0.25, 0.3) is 0 Å². The van der Waals surface area contributed by atoms with E-state index in [1.54, 1.807) is 0 Å². The van der Waals surface area contributed by atoms with Crippen molar-refractivity contribution in [3.8, 4) is 0 Å². The lowest BCUT2D eigenvalue weighted by molar-refractivity contribution is -0.143. The molecule has 0 unspecified atom stereocenters. The van der Waals surface area contributed by atoms with E-state index in [1.807, 2.05) is 104 Å². The Balaban J connectivity index is -0.0000000468. The number of carboxylic acid groups (broad SMARTS) is 5. The highest BCUT2D eigenvalue weighted by atomic mass is 32.2. The van der Waals surface area contributed by atoms with E-state index in [9.17, 15) is 62.3 Å². The molecule has 0 saturated heterocycles. The molecule has 100 heavy (non-hydrogen) atoms. The summed E-state index contributed by atoms with van der Waals surface area (Å²) in [6.45, 7) is 30.5. The monoisotopic (exact) mass is 1490 g/mol. The minimum Gasteiger partial charge on any atom is -0.481 e. The molecule has 0 spiro atoms. The number of carboxylic acids is 5. The molecule has 0 radical (unpaired) electrons. The predicted molar refractivity (Wildman–Crippen MR) is 426 cm³/mol. The molecule has 0 saturated carbocycles. The van der Waals surface area contributed by atoms with Crippen molar-refractivity contribution in [1.29, 1.82) is 0 Å².